The molecule has 0 unspecified atom stereocenters. The lowest BCUT2D eigenvalue weighted by molar-refractivity contribution is -0.121. The van der Waals surface area contributed by atoms with Gasteiger partial charge >= 0.3 is 0 Å². The van der Waals surface area contributed by atoms with E-state index in [9.17, 15) is 9.59 Å². The highest BCUT2D eigenvalue weighted by Gasteiger charge is 2.13. The van der Waals surface area contributed by atoms with Gasteiger partial charge in [-0.2, -0.15) is 0 Å². The Labute approximate surface area is 165 Å². The molecule has 9 heteroatoms. The van der Waals surface area contributed by atoms with Crippen LogP contribution in [0.4, 0.5) is 5.69 Å². The van der Waals surface area contributed by atoms with Gasteiger partial charge < -0.3 is 10.3 Å². The molecule has 0 aliphatic rings. The topological polar surface area (TPSA) is 98.9 Å². The zero-order valence-electron chi connectivity index (χ0n) is 15.1. The molecule has 0 radical (unpaired) electrons. The fraction of sp³-hybridized carbons (Fsp3) is 0.222. The number of hydrogen-bond donors (Lipinski definition) is 4. The van der Waals surface area contributed by atoms with E-state index >= 15 is 0 Å². The lowest BCUT2D eigenvalue weighted by atomic mass is 10.2. The van der Waals surface area contributed by atoms with Crippen LogP contribution in [0.3, 0.4) is 0 Å². The van der Waals surface area contributed by atoms with Crippen LogP contribution in [0.5, 0.6) is 0 Å². The molecule has 27 heavy (non-hydrogen) atoms. The summed E-state index contributed by atoms with van der Waals surface area (Å²) >= 11 is 6.59. The Hall–Kier alpha value is -2.78. The fourth-order valence-corrected chi connectivity index (χ4v) is 3.72. The second-order valence-corrected chi connectivity index (χ2v) is 7.76. The molecule has 0 aliphatic carbocycles. The maximum absolute atomic E-state index is 12.2. The number of aromatic nitrogens is 2. The second kappa shape index (κ2) is 7.85. The van der Waals surface area contributed by atoms with Gasteiger partial charge in [0.1, 0.15) is 10.7 Å². The number of thiocarbonyl (C=S) groups is 1. The van der Waals surface area contributed by atoms with Crippen molar-refractivity contribution < 1.29 is 4.79 Å². The van der Waals surface area contributed by atoms with Crippen LogP contribution in [0.15, 0.2) is 29.1 Å². The number of aromatic amines is 1. The SMILES string of the molecule is Cc1ccc(NC(=S)NNC(=O)Cc2nc3sc(C)c(C)c3c(=O)[nH]2)cc1. The highest BCUT2D eigenvalue weighted by molar-refractivity contribution is 7.80. The standard InChI is InChI=1S/C18H19N5O2S2/c1-9-4-6-12(7-5-9)19-18(26)23-22-14(24)8-13-20-16(25)15-10(2)11(3)27-17(15)21-13/h4-7H,8H2,1-3H3,(H,22,24)(H2,19,23,26)(H,20,21,25). The number of nitrogens with one attached hydrogen (secondary N) is 4. The Kier molecular flexibility index (Phi) is 5.52. The smallest absolute Gasteiger partial charge is 0.259 e. The first kappa shape index (κ1) is 19.0. The Bertz CT molecular complexity index is 1070. The molecule has 7 nitrogen and oxygen atoms in total. The Morgan fingerprint density at radius 3 is 2.59 bits per heavy atom. The highest BCUT2D eigenvalue weighted by Crippen LogP contribution is 2.25. The summed E-state index contributed by atoms with van der Waals surface area (Å²) in [5.41, 5.74) is 7.78. The van der Waals surface area contributed by atoms with Crippen LogP contribution in [0.2, 0.25) is 0 Å². The number of amides is 1. The minimum Gasteiger partial charge on any atom is -0.331 e. The Morgan fingerprint density at radius 1 is 1.19 bits per heavy atom. The van der Waals surface area contributed by atoms with Crippen LogP contribution >= 0.6 is 23.6 Å². The van der Waals surface area contributed by atoms with Crippen LogP contribution in [0, 0.1) is 20.8 Å². The van der Waals surface area contributed by atoms with Crippen molar-refractivity contribution in [2.75, 3.05) is 5.32 Å². The molecule has 140 valence electrons. The molecule has 0 atom stereocenters. The molecule has 0 fully saturated rings. The van der Waals surface area contributed by atoms with E-state index in [-0.39, 0.29) is 23.0 Å². The number of thiophene rings is 1. The predicted molar refractivity (Wildman–Crippen MR) is 112 cm³/mol. The average molecular weight is 402 g/mol. The number of fused-ring (bicyclic) bond motifs is 1. The van der Waals surface area contributed by atoms with Gasteiger partial charge in [0.25, 0.3) is 5.56 Å². The number of H-pyrrole nitrogens is 1. The first-order valence-electron chi connectivity index (χ1n) is 8.25. The first-order chi connectivity index (χ1) is 12.8. The minimum atomic E-state index is -0.365. The number of aryl methyl sites for hydroxylation is 3. The molecule has 0 saturated carbocycles. The molecule has 3 aromatic rings. The fourth-order valence-electron chi connectivity index (χ4n) is 2.50. The average Bonchev–Trinajstić information content (AvgIpc) is 2.89. The lowest BCUT2D eigenvalue weighted by Gasteiger charge is -2.11. The van der Waals surface area contributed by atoms with Crippen molar-refractivity contribution in [3.8, 4) is 0 Å². The number of rotatable bonds is 3. The number of nitrogens with zero attached hydrogens (tertiary/aromatic N) is 1. The number of carbonyl (C=O) groups is 1. The van der Waals surface area contributed by atoms with E-state index in [4.69, 9.17) is 12.2 Å². The van der Waals surface area contributed by atoms with Gasteiger partial charge in [-0.1, -0.05) is 17.7 Å². The summed E-state index contributed by atoms with van der Waals surface area (Å²) in [4.78, 5) is 33.1. The molecule has 0 aliphatic heterocycles. The van der Waals surface area contributed by atoms with Gasteiger partial charge in [-0.05, 0) is 50.7 Å². The molecule has 0 saturated heterocycles. The summed E-state index contributed by atoms with van der Waals surface area (Å²) in [6.45, 7) is 5.83. The third kappa shape index (κ3) is 4.50. The predicted octanol–water partition coefficient (Wildman–Crippen LogP) is 2.47. The third-order valence-corrected chi connectivity index (χ3v) is 5.35. The summed E-state index contributed by atoms with van der Waals surface area (Å²) in [5.74, 6) is -0.0546. The van der Waals surface area contributed by atoms with Crippen molar-refractivity contribution in [3.05, 3.63) is 56.4 Å². The van der Waals surface area contributed by atoms with Gasteiger partial charge in [-0.25, -0.2) is 4.98 Å². The molecule has 1 aromatic carbocycles. The van der Waals surface area contributed by atoms with Crippen molar-refractivity contribution in [1.82, 2.24) is 20.8 Å². The molecular formula is C18H19N5O2S2. The van der Waals surface area contributed by atoms with Crippen molar-refractivity contribution in [3.63, 3.8) is 0 Å². The van der Waals surface area contributed by atoms with E-state index in [0.717, 1.165) is 21.7 Å². The maximum Gasteiger partial charge on any atom is 0.259 e. The normalized spacial score (nSPS) is 10.6. The number of hydrazine groups is 1. The van der Waals surface area contributed by atoms with E-state index in [2.05, 4.69) is 26.1 Å². The molecule has 2 heterocycles. The molecule has 4 N–H and O–H groups in total. The summed E-state index contributed by atoms with van der Waals surface area (Å²) < 4.78 is 0. The number of benzene rings is 1. The molecule has 0 spiro atoms. The summed E-state index contributed by atoms with van der Waals surface area (Å²) in [5, 5.41) is 3.81. The van der Waals surface area contributed by atoms with Gasteiger partial charge in [-0.15, -0.1) is 11.3 Å². The van der Waals surface area contributed by atoms with E-state index in [1.54, 1.807) is 0 Å². The Balaban J connectivity index is 1.59. The lowest BCUT2D eigenvalue weighted by Crippen LogP contribution is -2.44. The van der Waals surface area contributed by atoms with E-state index < -0.39 is 0 Å². The first-order valence-corrected chi connectivity index (χ1v) is 9.47. The summed E-state index contributed by atoms with van der Waals surface area (Å²) in [6, 6.07) is 7.69. The third-order valence-electron chi connectivity index (χ3n) is 4.04. The van der Waals surface area contributed by atoms with Gasteiger partial charge in [0, 0.05) is 10.6 Å². The molecule has 2 aromatic heterocycles. The van der Waals surface area contributed by atoms with Crippen LogP contribution in [-0.4, -0.2) is 21.0 Å². The summed E-state index contributed by atoms with van der Waals surface area (Å²) in [6.07, 6.45) is -0.0681. The van der Waals surface area contributed by atoms with Crippen LogP contribution in [-0.2, 0) is 11.2 Å². The monoisotopic (exact) mass is 401 g/mol. The van der Waals surface area contributed by atoms with Crippen LogP contribution < -0.4 is 21.7 Å². The van der Waals surface area contributed by atoms with E-state index in [1.165, 1.54) is 11.3 Å². The zero-order valence-corrected chi connectivity index (χ0v) is 16.7. The van der Waals surface area contributed by atoms with Crippen molar-refractivity contribution in [2.24, 2.45) is 0 Å². The Morgan fingerprint density at radius 2 is 1.89 bits per heavy atom. The van der Waals surface area contributed by atoms with E-state index in [0.29, 0.717) is 16.0 Å². The zero-order chi connectivity index (χ0) is 19.6. The quantitative estimate of drug-likeness (QED) is 0.398. The minimum absolute atomic E-state index is 0.0681. The molecule has 1 amide bonds. The van der Waals surface area contributed by atoms with Crippen molar-refractivity contribution in [1.29, 1.82) is 0 Å². The summed E-state index contributed by atoms with van der Waals surface area (Å²) in [7, 11) is 0. The number of anilines is 1. The van der Waals surface area contributed by atoms with Gasteiger partial charge in [-0.3, -0.25) is 20.4 Å². The largest absolute Gasteiger partial charge is 0.331 e. The van der Waals surface area contributed by atoms with Crippen molar-refractivity contribution in [2.45, 2.75) is 27.2 Å². The molecular weight excluding hydrogens is 382 g/mol. The van der Waals surface area contributed by atoms with Gasteiger partial charge in [0.2, 0.25) is 5.91 Å². The molecule has 3 rings (SSSR count). The van der Waals surface area contributed by atoms with E-state index in [1.807, 2.05) is 45.0 Å². The van der Waals surface area contributed by atoms with Crippen molar-refractivity contribution >= 4 is 50.5 Å². The highest BCUT2D eigenvalue weighted by atomic mass is 32.1. The number of carbonyl (C=O) groups excluding carboxylic acids is 1. The number of hydrogen-bond acceptors (Lipinski definition) is 5. The molecule has 0 bridgehead atoms. The van der Waals surface area contributed by atoms with Crippen LogP contribution in [0.1, 0.15) is 21.8 Å². The second-order valence-electron chi connectivity index (χ2n) is 6.15. The van der Waals surface area contributed by atoms with Gasteiger partial charge in [0.15, 0.2) is 5.11 Å². The van der Waals surface area contributed by atoms with Gasteiger partial charge in [0.05, 0.1) is 11.8 Å². The maximum atomic E-state index is 12.2. The van der Waals surface area contributed by atoms with Crippen LogP contribution in [0.25, 0.3) is 10.2 Å².